The first-order valence-corrected chi connectivity index (χ1v) is 6.76. The zero-order chi connectivity index (χ0) is 13.5. The Hall–Kier alpha value is -1.24. The lowest BCUT2D eigenvalue weighted by molar-refractivity contribution is 0.408. The Balaban J connectivity index is 2.66. The van der Waals surface area contributed by atoms with Crippen molar-refractivity contribution in [1.29, 1.82) is 0 Å². The van der Waals surface area contributed by atoms with Crippen LogP contribution in [0.2, 0.25) is 0 Å². The van der Waals surface area contributed by atoms with Gasteiger partial charge in [0.05, 0.1) is 7.11 Å². The van der Waals surface area contributed by atoms with Crippen molar-refractivity contribution in [2.75, 3.05) is 7.11 Å². The fraction of sp³-hybridized carbons (Fsp3) is 0.529. The van der Waals surface area contributed by atoms with Crippen LogP contribution >= 0.6 is 0 Å². The Morgan fingerprint density at radius 2 is 1.89 bits per heavy atom. The van der Waals surface area contributed by atoms with Crippen LogP contribution in [0.4, 0.5) is 0 Å². The summed E-state index contributed by atoms with van der Waals surface area (Å²) >= 11 is 0. The highest BCUT2D eigenvalue weighted by Crippen LogP contribution is 2.43. The Labute approximate surface area is 111 Å². The minimum atomic E-state index is 0.203. The second kappa shape index (κ2) is 4.46. The van der Waals surface area contributed by atoms with Gasteiger partial charge in [0.15, 0.2) is 0 Å². The summed E-state index contributed by atoms with van der Waals surface area (Å²) in [5, 5.41) is 0. The fourth-order valence-electron chi connectivity index (χ4n) is 2.84. The van der Waals surface area contributed by atoms with Gasteiger partial charge in [-0.1, -0.05) is 33.8 Å². The molecule has 0 N–H and O–H groups in total. The summed E-state index contributed by atoms with van der Waals surface area (Å²) < 4.78 is 5.48. The summed E-state index contributed by atoms with van der Waals surface area (Å²) in [6, 6.07) is 4.53. The van der Waals surface area contributed by atoms with Crippen LogP contribution in [-0.4, -0.2) is 7.11 Å². The normalized spacial score (nSPS) is 17.4. The second-order valence-electron chi connectivity index (χ2n) is 6.27. The number of rotatable bonds is 2. The largest absolute Gasteiger partial charge is 0.496 e. The van der Waals surface area contributed by atoms with Gasteiger partial charge in [0, 0.05) is 0 Å². The highest BCUT2D eigenvalue weighted by Gasteiger charge is 2.29. The maximum Gasteiger partial charge on any atom is 0.122 e. The molecule has 1 aromatic rings. The van der Waals surface area contributed by atoms with E-state index in [9.17, 15) is 0 Å². The molecule has 0 radical (unpaired) electrons. The molecule has 0 fully saturated rings. The smallest absolute Gasteiger partial charge is 0.122 e. The maximum atomic E-state index is 5.48. The molecule has 0 heterocycles. The van der Waals surface area contributed by atoms with Crippen LogP contribution < -0.4 is 4.74 Å². The Morgan fingerprint density at radius 1 is 1.22 bits per heavy atom. The van der Waals surface area contributed by atoms with Gasteiger partial charge in [-0.05, 0) is 59.1 Å². The maximum absolute atomic E-state index is 5.48. The quantitative estimate of drug-likeness (QED) is 0.731. The number of aryl methyl sites for hydroxylation is 1. The van der Waals surface area contributed by atoms with E-state index in [1.165, 1.54) is 22.3 Å². The lowest BCUT2D eigenvalue weighted by atomic mass is 9.71. The van der Waals surface area contributed by atoms with Crippen LogP contribution in [0, 0.1) is 12.8 Å². The number of ether oxygens (including phenoxy) is 1. The Kier molecular flexibility index (Phi) is 3.27. The predicted octanol–water partition coefficient (Wildman–Crippen LogP) is 4.72. The van der Waals surface area contributed by atoms with Crippen LogP contribution in [0.15, 0.2) is 18.2 Å². The molecular formula is C17H24O. The first-order chi connectivity index (χ1) is 8.36. The van der Waals surface area contributed by atoms with E-state index in [0.29, 0.717) is 5.92 Å². The van der Waals surface area contributed by atoms with E-state index in [1.807, 2.05) is 0 Å². The molecule has 0 atom stereocenters. The minimum Gasteiger partial charge on any atom is -0.496 e. The summed E-state index contributed by atoms with van der Waals surface area (Å²) in [7, 11) is 1.75. The third-order valence-electron chi connectivity index (χ3n) is 4.03. The third-order valence-corrected chi connectivity index (χ3v) is 4.03. The number of methoxy groups -OCH3 is 1. The molecule has 1 aromatic carbocycles. The number of hydrogen-bond acceptors (Lipinski definition) is 1. The molecule has 0 aromatic heterocycles. The number of benzene rings is 1. The minimum absolute atomic E-state index is 0.203. The van der Waals surface area contributed by atoms with Crippen molar-refractivity contribution in [3.63, 3.8) is 0 Å². The number of allylic oxidation sites excluding steroid dienone is 2. The lowest BCUT2D eigenvalue weighted by Gasteiger charge is -2.34. The van der Waals surface area contributed by atoms with Gasteiger partial charge in [-0.15, -0.1) is 0 Å². The van der Waals surface area contributed by atoms with Crippen LogP contribution in [0.25, 0.3) is 5.57 Å². The van der Waals surface area contributed by atoms with E-state index in [0.717, 1.165) is 12.2 Å². The van der Waals surface area contributed by atoms with Gasteiger partial charge in [-0.3, -0.25) is 0 Å². The molecule has 1 aliphatic rings. The van der Waals surface area contributed by atoms with Crippen LogP contribution in [0.1, 0.15) is 50.8 Å². The van der Waals surface area contributed by atoms with E-state index in [1.54, 1.807) is 7.11 Å². The monoisotopic (exact) mass is 244 g/mol. The zero-order valence-electron chi connectivity index (χ0n) is 12.4. The van der Waals surface area contributed by atoms with E-state index in [-0.39, 0.29) is 5.41 Å². The van der Waals surface area contributed by atoms with E-state index < -0.39 is 0 Å². The average Bonchev–Trinajstić information content (AvgIpc) is 2.27. The van der Waals surface area contributed by atoms with Gasteiger partial charge in [-0.2, -0.15) is 0 Å². The summed E-state index contributed by atoms with van der Waals surface area (Å²) in [6.07, 6.45) is 3.53. The zero-order valence-corrected chi connectivity index (χ0v) is 12.4. The average molecular weight is 244 g/mol. The van der Waals surface area contributed by atoms with E-state index in [2.05, 4.69) is 52.8 Å². The molecule has 0 saturated carbocycles. The van der Waals surface area contributed by atoms with Gasteiger partial charge in [0.25, 0.3) is 0 Å². The molecule has 2 rings (SSSR count). The summed E-state index contributed by atoms with van der Waals surface area (Å²) in [4.78, 5) is 0. The first-order valence-electron chi connectivity index (χ1n) is 6.76. The molecule has 0 aliphatic heterocycles. The van der Waals surface area contributed by atoms with E-state index in [4.69, 9.17) is 4.74 Å². The summed E-state index contributed by atoms with van der Waals surface area (Å²) in [5.74, 6) is 1.58. The Bertz CT molecular complexity index is 493. The molecule has 18 heavy (non-hydrogen) atoms. The van der Waals surface area contributed by atoms with Crippen molar-refractivity contribution in [1.82, 2.24) is 0 Å². The van der Waals surface area contributed by atoms with Crippen molar-refractivity contribution in [2.45, 2.75) is 46.5 Å². The van der Waals surface area contributed by atoms with Gasteiger partial charge < -0.3 is 4.74 Å². The topological polar surface area (TPSA) is 9.23 Å². The highest BCUT2D eigenvalue weighted by molar-refractivity contribution is 5.74. The van der Waals surface area contributed by atoms with Gasteiger partial charge in [0.1, 0.15) is 5.75 Å². The molecule has 1 aliphatic carbocycles. The molecule has 0 bridgehead atoms. The van der Waals surface area contributed by atoms with Crippen molar-refractivity contribution in [3.8, 4) is 5.75 Å². The van der Waals surface area contributed by atoms with Crippen LogP contribution in [-0.2, 0) is 5.41 Å². The molecule has 1 heteroatoms. The van der Waals surface area contributed by atoms with Crippen molar-refractivity contribution >= 4 is 5.57 Å². The van der Waals surface area contributed by atoms with Crippen LogP contribution in [0.3, 0.4) is 0 Å². The molecule has 0 unspecified atom stereocenters. The van der Waals surface area contributed by atoms with Gasteiger partial charge in [-0.25, -0.2) is 0 Å². The SMILES string of the molecule is COc1cc2c(cc1C)C(C(C)C)=CCC2(C)C. The third kappa shape index (κ3) is 2.07. The molecular weight excluding hydrogens is 220 g/mol. The van der Waals surface area contributed by atoms with Gasteiger partial charge in [0.2, 0.25) is 0 Å². The van der Waals surface area contributed by atoms with Crippen molar-refractivity contribution in [2.24, 2.45) is 5.92 Å². The highest BCUT2D eigenvalue weighted by atomic mass is 16.5. The predicted molar refractivity (Wildman–Crippen MR) is 78.2 cm³/mol. The van der Waals surface area contributed by atoms with Crippen molar-refractivity contribution < 1.29 is 4.74 Å². The molecule has 0 spiro atoms. The molecule has 1 nitrogen and oxygen atoms in total. The molecule has 98 valence electrons. The van der Waals surface area contributed by atoms with E-state index >= 15 is 0 Å². The van der Waals surface area contributed by atoms with Crippen molar-refractivity contribution in [3.05, 3.63) is 34.9 Å². The molecule has 0 saturated heterocycles. The first kappa shape index (κ1) is 13.2. The van der Waals surface area contributed by atoms with Gasteiger partial charge >= 0.3 is 0 Å². The van der Waals surface area contributed by atoms with Crippen LogP contribution in [0.5, 0.6) is 5.75 Å². The lowest BCUT2D eigenvalue weighted by Crippen LogP contribution is -2.23. The standard InChI is InChI=1S/C17H24O/c1-11(2)13-7-8-17(4,5)15-10-16(18-6)12(3)9-14(13)15/h7,9-11H,8H2,1-6H3. The fourth-order valence-corrected chi connectivity index (χ4v) is 2.84. The number of fused-ring (bicyclic) bond motifs is 1. The Morgan fingerprint density at radius 3 is 2.44 bits per heavy atom. The summed E-state index contributed by atoms with van der Waals surface area (Å²) in [5.41, 5.74) is 5.75. The second-order valence-corrected chi connectivity index (χ2v) is 6.27. The molecule has 0 amide bonds. The summed E-state index contributed by atoms with van der Waals surface area (Å²) in [6.45, 7) is 11.3. The number of hydrogen-bond donors (Lipinski definition) is 0.